The Labute approximate surface area is 101 Å². The van der Waals surface area contributed by atoms with E-state index >= 15 is 0 Å². The first-order valence-corrected chi connectivity index (χ1v) is 6.34. The van der Waals surface area contributed by atoms with Gasteiger partial charge in [-0.15, -0.1) is 11.6 Å². The minimum atomic E-state index is -0.302. The van der Waals surface area contributed by atoms with Crippen LogP contribution in [-0.4, -0.2) is 6.10 Å². The molecule has 1 aromatic carbocycles. The lowest BCUT2D eigenvalue weighted by atomic mass is 9.98. The largest absolute Gasteiger partial charge is 0.487 e. The van der Waals surface area contributed by atoms with Crippen LogP contribution in [0.15, 0.2) is 18.2 Å². The molecule has 0 radical (unpaired) electrons. The van der Waals surface area contributed by atoms with Crippen molar-refractivity contribution in [2.45, 2.75) is 44.1 Å². The zero-order chi connectivity index (χ0) is 11.4. The number of alkyl halides is 1. The van der Waals surface area contributed by atoms with Crippen molar-refractivity contribution in [1.29, 1.82) is 0 Å². The first-order chi connectivity index (χ1) is 7.81. The Hall–Kier alpha value is -0.760. The molecule has 0 aromatic heterocycles. The molecule has 0 atom stereocenters. The molecule has 0 N–H and O–H groups in total. The minimum absolute atomic E-state index is 0.160. The second kappa shape index (κ2) is 5.53. The number of ether oxygens (including phenoxy) is 1. The number of benzene rings is 1. The fourth-order valence-electron chi connectivity index (χ4n) is 2.14. The van der Waals surface area contributed by atoms with Crippen molar-refractivity contribution in [3.8, 4) is 5.75 Å². The predicted octanol–water partition coefficient (Wildman–Crippen LogP) is 4.28. The molecule has 0 aliphatic heterocycles. The van der Waals surface area contributed by atoms with E-state index in [1.54, 1.807) is 6.07 Å². The van der Waals surface area contributed by atoms with Crippen molar-refractivity contribution in [3.05, 3.63) is 29.6 Å². The maximum atomic E-state index is 13.6. The highest BCUT2D eigenvalue weighted by molar-refractivity contribution is 6.17. The number of para-hydroxylation sites is 1. The SMILES string of the molecule is Fc1cccc(CCl)c1OC1CCCCC1. The summed E-state index contributed by atoms with van der Waals surface area (Å²) in [5.74, 6) is 0.341. The minimum Gasteiger partial charge on any atom is -0.487 e. The van der Waals surface area contributed by atoms with Gasteiger partial charge < -0.3 is 4.74 Å². The molecular weight excluding hydrogens is 227 g/mol. The van der Waals surface area contributed by atoms with Crippen molar-refractivity contribution in [2.24, 2.45) is 0 Å². The monoisotopic (exact) mass is 242 g/mol. The van der Waals surface area contributed by atoms with Gasteiger partial charge in [0.1, 0.15) is 0 Å². The van der Waals surface area contributed by atoms with Crippen LogP contribution in [0.1, 0.15) is 37.7 Å². The molecule has 1 fully saturated rings. The first kappa shape index (κ1) is 11.7. The fraction of sp³-hybridized carbons (Fsp3) is 0.538. The van der Waals surface area contributed by atoms with Crippen LogP contribution in [-0.2, 0) is 5.88 Å². The highest BCUT2D eigenvalue weighted by Gasteiger charge is 2.18. The lowest BCUT2D eigenvalue weighted by Gasteiger charge is -2.24. The van der Waals surface area contributed by atoms with Crippen molar-refractivity contribution in [3.63, 3.8) is 0 Å². The summed E-state index contributed by atoms with van der Waals surface area (Å²) in [6, 6.07) is 4.91. The van der Waals surface area contributed by atoms with Crippen LogP contribution in [0.25, 0.3) is 0 Å². The summed E-state index contributed by atoms with van der Waals surface area (Å²) in [6.07, 6.45) is 5.82. The first-order valence-electron chi connectivity index (χ1n) is 5.81. The van der Waals surface area contributed by atoms with Gasteiger partial charge in [-0.25, -0.2) is 4.39 Å². The van der Waals surface area contributed by atoms with Gasteiger partial charge >= 0.3 is 0 Å². The Morgan fingerprint density at radius 1 is 1.25 bits per heavy atom. The van der Waals surface area contributed by atoms with Crippen LogP contribution >= 0.6 is 11.6 Å². The zero-order valence-electron chi connectivity index (χ0n) is 9.22. The summed E-state index contributed by atoms with van der Waals surface area (Å²) in [5, 5.41) is 0. The molecule has 1 aliphatic rings. The van der Waals surface area contributed by atoms with E-state index < -0.39 is 0 Å². The van der Waals surface area contributed by atoms with Crippen LogP contribution in [0.5, 0.6) is 5.75 Å². The quantitative estimate of drug-likeness (QED) is 0.719. The van der Waals surface area contributed by atoms with E-state index in [1.807, 2.05) is 6.07 Å². The van der Waals surface area contributed by atoms with E-state index in [0.29, 0.717) is 11.6 Å². The average molecular weight is 243 g/mol. The molecule has 0 unspecified atom stereocenters. The van der Waals surface area contributed by atoms with Gasteiger partial charge in [0.15, 0.2) is 11.6 Å². The topological polar surface area (TPSA) is 9.23 Å². The maximum absolute atomic E-state index is 13.6. The van der Waals surface area contributed by atoms with Crippen LogP contribution < -0.4 is 4.74 Å². The molecule has 0 bridgehead atoms. The van der Waals surface area contributed by atoms with Crippen LogP contribution in [0, 0.1) is 5.82 Å². The van der Waals surface area contributed by atoms with Gasteiger partial charge in [0.2, 0.25) is 0 Å². The third-order valence-corrected chi connectivity index (χ3v) is 3.32. The van der Waals surface area contributed by atoms with E-state index in [-0.39, 0.29) is 11.9 Å². The van der Waals surface area contributed by atoms with E-state index in [4.69, 9.17) is 16.3 Å². The number of rotatable bonds is 3. The van der Waals surface area contributed by atoms with E-state index in [0.717, 1.165) is 18.4 Å². The number of hydrogen-bond donors (Lipinski definition) is 0. The Kier molecular flexibility index (Phi) is 4.05. The predicted molar refractivity (Wildman–Crippen MR) is 63.5 cm³/mol. The normalized spacial score (nSPS) is 17.4. The Morgan fingerprint density at radius 2 is 2.00 bits per heavy atom. The Morgan fingerprint density at radius 3 is 2.69 bits per heavy atom. The maximum Gasteiger partial charge on any atom is 0.165 e. The third kappa shape index (κ3) is 2.67. The molecule has 2 rings (SSSR count). The fourth-order valence-corrected chi connectivity index (χ4v) is 2.35. The van der Waals surface area contributed by atoms with Gasteiger partial charge in [-0.3, -0.25) is 0 Å². The molecule has 1 aliphatic carbocycles. The van der Waals surface area contributed by atoms with Gasteiger partial charge in [-0.2, -0.15) is 0 Å². The summed E-state index contributed by atoms with van der Waals surface area (Å²) < 4.78 is 19.4. The number of halogens is 2. The van der Waals surface area contributed by atoms with Crippen molar-refractivity contribution >= 4 is 11.6 Å². The second-order valence-corrected chi connectivity index (χ2v) is 4.51. The molecule has 1 aromatic rings. The summed E-state index contributed by atoms with van der Waals surface area (Å²) in [6.45, 7) is 0. The average Bonchev–Trinajstić information content (AvgIpc) is 2.33. The molecule has 0 heterocycles. The lowest BCUT2D eigenvalue weighted by molar-refractivity contribution is 0.147. The lowest BCUT2D eigenvalue weighted by Crippen LogP contribution is -2.20. The van der Waals surface area contributed by atoms with Crippen molar-refractivity contribution in [1.82, 2.24) is 0 Å². The molecule has 0 saturated heterocycles. The summed E-state index contributed by atoms with van der Waals surface area (Å²) in [7, 11) is 0. The van der Waals surface area contributed by atoms with Crippen molar-refractivity contribution in [2.75, 3.05) is 0 Å². The summed E-state index contributed by atoms with van der Waals surface area (Å²) in [4.78, 5) is 0. The molecular formula is C13H16ClFO. The van der Waals surface area contributed by atoms with Gasteiger partial charge in [0.25, 0.3) is 0 Å². The van der Waals surface area contributed by atoms with Crippen LogP contribution in [0.3, 0.4) is 0 Å². The van der Waals surface area contributed by atoms with Crippen LogP contribution in [0.2, 0.25) is 0 Å². The van der Waals surface area contributed by atoms with Gasteiger partial charge in [-0.05, 0) is 31.7 Å². The Bertz CT molecular complexity index is 348. The van der Waals surface area contributed by atoms with Gasteiger partial charge in [0, 0.05) is 5.56 Å². The van der Waals surface area contributed by atoms with Gasteiger partial charge in [-0.1, -0.05) is 18.6 Å². The molecule has 1 saturated carbocycles. The van der Waals surface area contributed by atoms with Gasteiger partial charge in [0.05, 0.1) is 12.0 Å². The smallest absolute Gasteiger partial charge is 0.165 e. The second-order valence-electron chi connectivity index (χ2n) is 4.24. The van der Waals surface area contributed by atoms with E-state index in [9.17, 15) is 4.39 Å². The molecule has 1 nitrogen and oxygen atoms in total. The third-order valence-electron chi connectivity index (χ3n) is 3.03. The molecule has 0 spiro atoms. The summed E-state index contributed by atoms with van der Waals surface area (Å²) in [5.41, 5.74) is 0.743. The highest BCUT2D eigenvalue weighted by atomic mass is 35.5. The van der Waals surface area contributed by atoms with Crippen molar-refractivity contribution < 1.29 is 9.13 Å². The molecule has 0 amide bonds. The zero-order valence-corrected chi connectivity index (χ0v) is 9.97. The standard InChI is InChI=1S/C13H16ClFO/c14-9-10-5-4-8-12(15)13(10)16-11-6-2-1-3-7-11/h4-5,8,11H,1-3,6-7,9H2. The number of hydrogen-bond acceptors (Lipinski definition) is 1. The van der Waals surface area contributed by atoms with Crippen LogP contribution in [0.4, 0.5) is 4.39 Å². The summed E-state index contributed by atoms with van der Waals surface area (Å²) >= 11 is 5.78. The van der Waals surface area contributed by atoms with E-state index in [2.05, 4.69) is 0 Å². The molecule has 88 valence electrons. The van der Waals surface area contributed by atoms with E-state index in [1.165, 1.54) is 25.3 Å². The molecule has 3 heteroatoms. The Balaban J connectivity index is 2.12. The molecule has 16 heavy (non-hydrogen) atoms. The highest BCUT2D eigenvalue weighted by Crippen LogP contribution is 2.29.